The minimum absolute atomic E-state index is 0.417. The van der Waals surface area contributed by atoms with E-state index >= 15 is 0 Å². The van der Waals surface area contributed by atoms with Crippen molar-refractivity contribution in [2.24, 2.45) is 5.92 Å². The second-order valence-electron chi connectivity index (χ2n) is 5.32. The Morgan fingerprint density at radius 3 is 2.24 bits per heavy atom. The van der Waals surface area contributed by atoms with Crippen LogP contribution in [0.15, 0.2) is 24.3 Å². The number of rotatable bonds is 5. The lowest BCUT2D eigenvalue weighted by molar-refractivity contribution is 0.199. The topological polar surface area (TPSA) is 23.5 Å². The summed E-state index contributed by atoms with van der Waals surface area (Å²) in [5.41, 5.74) is 2.14. The molecule has 0 saturated heterocycles. The van der Waals surface area contributed by atoms with Crippen LogP contribution in [-0.4, -0.2) is 18.2 Å². The maximum atomic E-state index is 9.79. The number of nitrogens with zero attached hydrogens (tertiary/aromatic N) is 1. The zero-order chi connectivity index (χ0) is 13.0. The number of aliphatic hydroxyl groups excluding tert-OH is 1. The molecule has 96 valence electrons. The highest BCUT2D eigenvalue weighted by atomic mass is 16.3. The summed E-state index contributed by atoms with van der Waals surface area (Å²) in [4.78, 5) is 2.27. The fraction of sp³-hybridized carbons (Fsp3) is 0.600. The van der Waals surface area contributed by atoms with Crippen molar-refractivity contribution in [2.75, 3.05) is 11.9 Å². The molecular formula is C15H25NO. The van der Waals surface area contributed by atoms with Crippen molar-refractivity contribution in [3.05, 3.63) is 29.8 Å². The average Bonchev–Trinajstić information content (AvgIpc) is 2.27. The molecule has 1 aromatic carbocycles. The van der Waals surface area contributed by atoms with Crippen LogP contribution in [0.4, 0.5) is 5.69 Å². The summed E-state index contributed by atoms with van der Waals surface area (Å²) >= 11 is 0. The van der Waals surface area contributed by atoms with E-state index in [1.165, 1.54) is 0 Å². The van der Waals surface area contributed by atoms with E-state index in [4.69, 9.17) is 0 Å². The van der Waals surface area contributed by atoms with E-state index < -0.39 is 6.10 Å². The van der Waals surface area contributed by atoms with Crippen LogP contribution in [0, 0.1) is 5.92 Å². The Labute approximate surface area is 105 Å². The fourth-order valence-electron chi connectivity index (χ4n) is 2.24. The molecule has 0 fully saturated rings. The second-order valence-corrected chi connectivity index (χ2v) is 5.32. The molecule has 1 unspecified atom stereocenters. The Hall–Kier alpha value is -1.02. The first-order valence-corrected chi connectivity index (χ1v) is 6.43. The monoisotopic (exact) mass is 235 g/mol. The Balaban J connectivity index is 2.91. The van der Waals surface area contributed by atoms with Crippen molar-refractivity contribution >= 4 is 5.69 Å². The molecule has 2 nitrogen and oxygen atoms in total. The highest BCUT2D eigenvalue weighted by Crippen LogP contribution is 2.27. The van der Waals surface area contributed by atoms with Crippen molar-refractivity contribution in [1.29, 1.82) is 0 Å². The van der Waals surface area contributed by atoms with Gasteiger partial charge >= 0.3 is 0 Å². The smallest absolute Gasteiger partial charge is 0.0781 e. The molecule has 0 saturated carbocycles. The molecule has 17 heavy (non-hydrogen) atoms. The summed E-state index contributed by atoms with van der Waals surface area (Å²) in [6.07, 6.45) is 0.741. The Morgan fingerprint density at radius 2 is 1.71 bits per heavy atom. The van der Waals surface area contributed by atoms with Gasteiger partial charge in [-0.3, -0.25) is 0 Å². The molecule has 1 aromatic rings. The normalized spacial score (nSPS) is 14.8. The van der Waals surface area contributed by atoms with E-state index in [0.29, 0.717) is 12.0 Å². The van der Waals surface area contributed by atoms with Gasteiger partial charge in [-0.15, -0.1) is 0 Å². The number of aliphatic hydroxyl groups is 1. The van der Waals surface area contributed by atoms with Gasteiger partial charge in [0.1, 0.15) is 0 Å². The quantitative estimate of drug-likeness (QED) is 0.842. The maximum absolute atomic E-state index is 9.79. The minimum atomic E-state index is -0.417. The van der Waals surface area contributed by atoms with E-state index in [9.17, 15) is 5.11 Å². The van der Waals surface area contributed by atoms with E-state index in [-0.39, 0.29) is 0 Å². The molecule has 1 rings (SSSR count). The third kappa shape index (κ3) is 3.74. The standard InChI is InChI=1S/C15H25NO/c1-11(2)10-12(3)16(5)15-9-7-6-8-14(15)13(4)17/h6-9,11-13,17H,10H2,1-5H3/t12?,13-/m0/s1. The van der Waals surface area contributed by atoms with Crippen molar-refractivity contribution in [3.8, 4) is 0 Å². The first-order valence-electron chi connectivity index (χ1n) is 6.43. The summed E-state index contributed by atoms with van der Waals surface area (Å²) < 4.78 is 0. The van der Waals surface area contributed by atoms with Gasteiger partial charge in [0.05, 0.1) is 6.10 Å². The average molecular weight is 235 g/mol. The SMILES string of the molecule is CC(C)CC(C)N(C)c1ccccc1[C@H](C)O. The summed E-state index contributed by atoms with van der Waals surface area (Å²) in [5, 5.41) is 9.79. The van der Waals surface area contributed by atoms with Crippen molar-refractivity contribution in [3.63, 3.8) is 0 Å². The highest BCUT2D eigenvalue weighted by Gasteiger charge is 2.16. The number of hydrogen-bond donors (Lipinski definition) is 1. The lowest BCUT2D eigenvalue weighted by Crippen LogP contribution is -2.31. The van der Waals surface area contributed by atoms with Gasteiger partial charge in [0, 0.05) is 24.3 Å². The predicted molar refractivity (Wildman–Crippen MR) is 74.4 cm³/mol. The molecule has 0 spiro atoms. The lowest BCUT2D eigenvalue weighted by atomic mass is 10.0. The molecule has 1 N–H and O–H groups in total. The predicted octanol–water partition coefficient (Wildman–Crippen LogP) is 3.61. The summed E-state index contributed by atoms with van der Waals surface area (Å²) in [6.45, 7) is 8.54. The van der Waals surface area contributed by atoms with Crippen molar-refractivity contribution in [2.45, 2.75) is 46.3 Å². The van der Waals surface area contributed by atoms with Crippen LogP contribution >= 0.6 is 0 Å². The molecule has 0 heterocycles. The number of benzene rings is 1. The first kappa shape index (κ1) is 14.0. The van der Waals surface area contributed by atoms with Crippen LogP contribution in [0.25, 0.3) is 0 Å². The third-order valence-corrected chi connectivity index (χ3v) is 3.24. The summed E-state index contributed by atoms with van der Waals surface area (Å²) in [6, 6.07) is 8.57. The number of anilines is 1. The van der Waals surface area contributed by atoms with Gasteiger partial charge in [0.25, 0.3) is 0 Å². The second kappa shape index (κ2) is 6.06. The fourth-order valence-corrected chi connectivity index (χ4v) is 2.24. The molecule has 0 aliphatic carbocycles. The van der Waals surface area contributed by atoms with E-state index in [1.807, 2.05) is 25.1 Å². The van der Waals surface area contributed by atoms with Crippen molar-refractivity contribution in [1.82, 2.24) is 0 Å². The number of hydrogen-bond acceptors (Lipinski definition) is 2. The van der Waals surface area contributed by atoms with Gasteiger partial charge in [-0.05, 0) is 32.3 Å². The zero-order valence-electron chi connectivity index (χ0n) is 11.6. The van der Waals surface area contributed by atoms with Gasteiger partial charge in [0.15, 0.2) is 0 Å². The first-order chi connectivity index (χ1) is 7.93. The van der Waals surface area contributed by atoms with Crippen LogP contribution in [0.1, 0.15) is 45.8 Å². The van der Waals surface area contributed by atoms with Crippen LogP contribution < -0.4 is 4.90 Å². The largest absolute Gasteiger partial charge is 0.389 e. The summed E-state index contributed by atoms with van der Waals surface area (Å²) in [7, 11) is 2.11. The lowest BCUT2D eigenvalue weighted by Gasteiger charge is -2.30. The third-order valence-electron chi connectivity index (χ3n) is 3.24. The molecule has 0 aliphatic heterocycles. The van der Waals surface area contributed by atoms with Crippen LogP contribution in [0.5, 0.6) is 0 Å². The van der Waals surface area contributed by atoms with Gasteiger partial charge in [-0.25, -0.2) is 0 Å². The molecule has 0 amide bonds. The van der Waals surface area contributed by atoms with E-state index in [0.717, 1.165) is 17.7 Å². The van der Waals surface area contributed by atoms with Gasteiger partial charge in [0.2, 0.25) is 0 Å². The summed E-state index contributed by atoms with van der Waals surface area (Å²) in [5.74, 6) is 0.686. The minimum Gasteiger partial charge on any atom is -0.389 e. The maximum Gasteiger partial charge on any atom is 0.0781 e. The van der Waals surface area contributed by atoms with Crippen molar-refractivity contribution < 1.29 is 5.11 Å². The van der Waals surface area contributed by atoms with Gasteiger partial charge in [-0.1, -0.05) is 32.0 Å². The van der Waals surface area contributed by atoms with Crippen LogP contribution in [-0.2, 0) is 0 Å². The Bertz CT molecular complexity index is 347. The van der Waals surface area contributed by atoms with Crippen LogP contribution in [0.2, 0.25) is 0 Å². The molecule has 0 aromatic heterocycles. The number of para-hydroxylation sites is 1. The molecule has 2 atom stereocenters. The van der Waals surface area contributed by atoms with Gasteiger partial charge in [-0.2, -0.15) is 0 Å². The molecular weight excluding hydrogens is 210 g/mol. The Kier molecular flexibility index (Phi) is 5.01. The van der Waals surface area contributed by atoms with Crippen LogP contribution in [0.3, 0.4) is 0 Å². The Morgan fingerprint density at radius 1 is 1.12 bits per heavy atom. The highest BCUT2D eigenvalue weighted by molar-refractivity contribution is 5.54. The molecule has 0 bridgehead atoms. The zero-order valence-corrected chi connectivity index (χ0v) is 11.6. The van der Waals surface area contributed by atoms with Gasteiger partial charge < -0.3 is 10.0 Å². The molecule has 0 aliphatic rings. The molecule has 0 radical (unpaired) electrons. The molecule has 2 heteroatoms. The van der Waals surface area contributed by atoms with E-state index in [2.05, 4.69) is 38.8 Å². The van der Waals surface area contributed by atoms with E-state index in [1.54, 1.807) is 0 Å².